The number of hydrogen-bond acceptors (Lipinski definition) is 4. The highest BCUT2D eigenvalue weighted by molar-refractivity contribution is 5.94. The van der Waals surface area contributed by atoms with Crippen LogP contribution in [0.3, 0.4) is 0 Å². The normalized spacial score (nSPS) is 26.9. The molecule has 1 aliphatic heterocycles. The van der Waals surface area contributed by atoms with Crippen molar-refractivity contribution < 1.29 is 14.3 Å². The molecule has 2 atom stereocenters. The minimum atomic E-state index is -0.494. The molecule has 104 valence electrons. The van der Waals surface area contributed by atoms with Gasteiger partial charge in [-0.1, -0.05) is 0 Å². The maximum Gasteiger partial charge on any atom is 0.248 e. The van der Waals surface area contributed by atoms with E-state index in [-0.39, 0.29) is 18.3 Å². The van der Waals surface area contributed by atoms with Crippen LogP contribution < -0.4 is 16.2 Å². The van der Waals surface area contributed by atoms with E-state index >= 15 is 0 Å². The molecule has 19 heavy (non-hydrogen) atoms. The van der Waals surface area contributed by atoms with Crippen LogP contribution in [-0.4, -0.2) is 24.2 Å². The van der Waals surface area contributed by atoms with Gasteiger partial charge in [0.1, 0.15) is 11.9 Å². The van der Waals surface area contributed by atoms with Gasteiger partial charge in [-0.3, -0.25) is 4.79 Å². The third-order valence-corrected chi connectivity index (χ3v) is 3.24. The molecule has 5 nitrogen and oxygen atoms in total. The standard InChI is InChI=1S/C14H20N2O3/c1-8-5-11(6-9(2)18-8)19-13-4-3-10(14(16)17)7-12(13)15/h3-4,7-9,11H,5-6,15H2,1-2H3,(H2,16,17). The Balaban J connectivity index is 2.08. The van der Waals surface area contributed by atoms with Crippen molar-refractivity contribution in [2.75, 3.05) is 5.73 Å². The molecule has 0 bridgehead atoms. The number of carbonyl (C=O) groups excluding carboxylic acids is 1. The molecule has 1 heterocycles. The number of primary amides is 1. The molecule has 0 spiro atoms. The summed E-state index contributed by atoms with van der Waals surface area (Å²) < 4.78 is 11.6. The molecule has 1 aromatic rings. The number of benzene rings is 1. The minimum absolute atomic E-state index is 0.0838. The summed E-state index contributed by atoms with van der Waals surface area (Å²) >= 11 is 0. The van der Waals surface area contributed by atoms with Gasteiger partial charge in [-0.25, -0.2) is 0 Å². The Kier molecular flexibility index (Phi) is 3.95. The maximum atomic E-state index is 11.0. The maximum absolute atomic E-state index is 11.0. The Morgan fingerprint density at radius 1 is 1.32 bits per heavy atom. The zero-order valence-corrected chi connectivity index (χ0v) is 11.3. The fourth-order valence-corrected chi connectivity index (χ4v) is 2.43. The van der Waals surface area contributed by atoms with E-state index < -0.39 is 5.91 Å². The molecule has 5 heteroatoms. The van der Waals surface area contributed by atoms with Crippen LogP contribution in [-0.2, 0) is 4.74 Å². The van der Waals surface area contributed by atoms with Crippen molar-refractivity contribution in [1.82, 2.24) is 0 Å². The summed E-state index contributed by atoms with van der Waals surface area (Å²) in [6.45, 7) is 4.07. The van der Waals surface area contributed by atoms with E-state index in [1.165, 1.54) is 0 Å². The number of rotatable bonds is 3. The fraction of sp³-hybridized carbons (Fsp3) is 0.500. The van der Waals surface area contributed by atoms with Crippen LogP contribution in [0.1, 0.15) is 37.0 Å². The smallest absolute Gasteiger partial charge is 0.248 e. The van der Waals surface area contributed by atoms with Gasteiger partial charge < -0.3 is 20.9 Å². The highest BCUT2D eigenvalue weighted by Crippen LogP contribution is 2.28. The molecule has 0 aliphatic carbocycles. The lowest BCUT2D eigenvalue weighted by molar-refractivity contribution is -0.0720. The van der Waals surface area contributed by atoms with Crippen molar-refractivity contribution >= 4 is 11.6 Å². The molecule has 1 saturated heterocycles. The van der Waals surface area contributed by atoms with E-state index in [4.69, 9.17) is 20.9 Å². The first kappa shape index (κ1) is 13.7. The van der Waals surface area contributed by atoms with Crippen molar-refractivity contribution in [3.05, 3.63) is 23.8 Å². The fourth-order valence-electron chi connectivity index (χ4n) is 2.43. The molecule has 1 aliphatic rings. The van der Waals surface area contributed by atoms with Gasteiger partial charge in [0, 0.05) is 18.4 Å². The second-order valence-corrected chi connectivity index (χ2v) is 5.09. The molecule has 4 N–H and O–H groups in total. The third-order valence-electron chi connectivity index (χ3n) is 3.24. The van der Waals surface area contributed by atoms with Gasteiger partial charge in [-0.15, -0.1) is 0 Å². The van der Waals surface area contributed by atoms with Crippen LogP contribution >= 0.6 is 0 Å². The summed E-state index contributed by atoms with van der Waals surface area (Å²) in [6, 6.07) is 4.87. The summed E-state index contributed by atoms with van der Waals surface area (Å²) in [4.78, 5) is 11.0. The van der Waals surface area contributed by atoms with Crippen LogP contribution in [0, 0.1) is 0 Å². The molecule has 0 saturated carbocycles. The van der Waals surface area contributed by atoms with Crippen molar-refractivity contribution in [2.45, 2.75) is 45.0 Å². The largest absolute Gasteiger partial charge is 0.488 e. The number of nitrogen functional groups attached to an aromatic ring is 1. The van der Waals surface area contributed by atoms with Gasteiger partial charge in [-0.05, 0) is 32.0 Å². The van der Waals surface area contributed by atoms with Crippen LogP contribution in [0.2, 0.25) is 0 Å². The van der Waals surface area contributed by atoms with Gasteiger partial charge >= 0.3 is 0 Å². The van der Waals surface area contributed by atoms with Gasteiger partial charge in [0.2, 0.25) is 5.91 Å². The van der Waals surface area contributed by atoms with Crippen molar-refractivity contribution in [2.24, 2.45) is 5.73 Å². The Morgan fingerprint density at radius 3 is 2.47 bits per heavy atom. The summed E-state index contributed by atoms with van der Waals surface area (Å²) in [5, 5.41) is 0. The summed E-state index contributed by atoms with van der Waals surface area (Å²) in [5.41, 5.74) is 11.9. The first-order valence-corrected chi connectivity index (χ1v) is 6.47. The number of ether oxygens (including phenoxy) is 2. The number of hydrogen-bond donors (Lipinski definition) is 2. The first-order chi connectivity index (χ1) is 8.95. The topological polar surface area (TPSA) is 87.6 Å². The summed E-state index contributed by atoms with van der Waals surface area (Å²) in [5.74, 6) is 0.0999. The van der Waals surface area contributed by atoms with E-state index in [2.05, 4.69) is 0 Å². The van der Waals surface area contributed by atoms with Crippen LogP contribution in [0.4, 0.5) is 5.69 Å². The van der Waals surface area contributed by atoms with Crippen molar-refractivity contribution in [3.63, 3.8) is 0 Å². The second kappa shape index (κ2) is 5.48. The monoisotopic (exact) mass is 264 g/mol. The van der Waals surface area contributed by atoms with Crippen molar-refractivity contribution in [3.8, 4) is 5.75 Å². The molecule has 0 aromatic heterocycles. The van der Waals surface area contributed by atoms with Crippen molar-refractivity contribution in [1.29, 1.82) is 0 Å². The lowest BCUT2D eigenvalue weighted by Gasteiger charge is -2.32. The van der Waals surface area contributed by atoms with Crippen LogP contribution in [0.25, 0.3) is 0 Å². The zero-order valence-electron chi connectivity index (χ0n) is 11.3. The van der Waals surface area contributed by atoms with Gasteiger partial charge in [0.15, 0.2) is 0 Å². The summed E-state index contributed by atoms with van der Waals surface area (Å²) in [6.07, 6.45) is 2.11. The average molecular weight is 264 g/mol. The predicted octanol–water partition coefficient (Wildman–Crippen LogP) is 1.70. The Labute approximate surface area is 112 Å². The molecular formula is C14H20N2O3. The molecular weight excluding hydrogens is 244 g/mol. The number of anilines is 1. The van der Waals surface area contributed by atoms with E-state index in [9.17, 15) is 4.79 Å². The lowest BCUT2D eigenvalue weighted by atomic mass is 10.0. The molecule has 1 fully saturated rings. The van der Waals surface area contributed by atoms with E-state index in [1.54, 1.807) is 18.2 Å². The zero-order chi connectivity index (χ0) is 14.0. The third kappa shape index (κ3) is 3.38. The van der Waals surface area contributed by atoms with E-state index in [0.717, 1.165) is 12.8 Å². The van der Waals surface area contributed by atoms with Crippen LogP contribution in [0.5, 0.6) is 5.75 Å². The number of nitrogens with two attached hydrogens (primary N) is 2. The van der Waals surface area contributed by atoms with Gasteiger partial charge in [0.25, 0.3) is 0 Å². The quantitative estimate of drug-likeness (QED) is 0.813. The highest BCUT2D eigenvalue weighted by atomic mass is 16.5. The average Bonchev–Trinajstić information content (AvgIpc) is 2.30. The first-order valence-electron chi connectivity index (χ1n) is 6.47. The molecule has 2 unspecified atom stereocenters. The highest BCUT2D eigenvalue weighted by Gasteiger charge is 2.26. The Hall–Kier alpha value is -1.75. The Morgan fingerprint density at radius 2 is 1.95 bits per heavy atom. The minimum Gasteiger partial charge on any atom is -0.488 e. The Bertz CT molecular complexity index is 466. The molecule has 2 rings (SSSR count). The SMILES string of the molecule is CC1CC(Oc2ccc(C(N)=O)cc2N)CC(C)O1. The van der Waals surface area contributed by atoms with E-state index in [0.29, 0.717) is 17.0 Å². The molecule has 0 radical (unpaired) electrons. The summed E-state index contributed by atoms with van der Waals surface area (Å²) in [7, 11) is 0. The van der Waals surface area contributed by atoms with Gasteiger partial charge in [0.05, 0.1) is 17.9 Å². The number of carbonyl (C=O) groups is 1. The number of amides is 1. The van der Waals surface area contributed by atoms with E-state index in [1.807, 2.05) is 13.8 Å². The molecule has 1 aromatic carbocycles. The lowest BCUT2D eigenvalue weighted by Crippen LogP contribution is -2.35. The van der Waals surface area contributed by atoms with Crippen LogP contribution in [0.15, 0.2) is 18.2 Å². The molecule has 1 amide bonds. The second-order valence-electron chi connectivity index (χ2n) is 5.09. The predicted molar refractivity (Wildman–Crippen MR) is 73.0 cm³/mol. The van der Waals surface area contributed by atoms with Gasteiger partial charge in [-0.2, -0.15) is 0 Å².